The van der Waals surface area contributed by atoms with Crippen LogP contribution in [0.3, 0.4) is 0 Å². The molecule has 1 heterocycles. The van der Waals surface area contributed by atoms with Crippen LogP contribution in [0.5, 0.6) is 0 Å². The van der Waals surface area contributed by atoms with Crippen LogP contribution in [0.4, 0.5) is 0 Å². The second-order valence-corrected chi connectivity index (χ2v) is 5.13. The number of carbonyl (C=O) groups is 2. The summed E-state index contributed by atoms with van der Waals surface area (Å²) in [5.74, 6) is -0.228. The Morgan fingerprint density at radius 3 is 2.50 bits per heavy atom. The van der Waals surface area contributed by atoms with E-state index in [4.69, 9.17) is 4.74 Å². The van der Waals surface area contributed by atoms with Crippen molar-refractivity contribution in [3.63, 3.8) is 0 Å². The molecule has 1 N–H and O–H groups in total. The predicted octanol–water partition coefficient (Wildman–Crippen LogP) is 1.72. The zero-order chi connectivity index (χ0) is 15.0. The molecule has 0 spiro atoms. The lowest BCUT2D eigenvalue weighted by atomic mass is 10.0. The van der Waals surface area contributed by atoms with Crippen LogP contribution in [0.2, 0.25) is 0 Å². The summed E-state index contributed by atoms with van der Waals surface area (Å²) in [5.41, 5.74) is 1.05. The van der Waals surface area contributed by atoms with Gasteiger partial charge in [0, 0.05) is 18.8 Å². The number of esters is 1. The quantitative estimate of drug-likeness (QED) is 0.771. The summed E-state index contributed by atoms with van der Waals surface area (Å²) in [6.45, 7) is 4.00. The fourth-order valence-electron chi connectivity index (χ4n) is 1.90. The van der Waals surface area contributed by atoms with Crippen molar-refractivity contribution in [3.8, 4) is 0 Å². The number of hydrogen-bond acceptors (Lipinski definition) is 4. The van der Waals surface area contributed by atoms with Crippen LogP contribution in [0.25, 0.3) is 0 Å². The van der Waals surface area contributed by atoms with E-state index in [0.29, 0.717) is 25.2 Å². The molecule has 0 fully saturated rings. The third kappa shape index (κ3) is 5.82. The van der Waals surface area contributed by atoms with Crippen LogP contribution < -0.4 is 5.32 Å². The second-order valence-electron chi connectivity index (χ2n) is 5.13. The zero-order valence-corrected chi connectivity index (χ0v) is 12.3. The number of aromatic nitrogens is 1. The molecule has 0 aliphatic carbocycles. The van der Waals surface area contributed by atoms with Gasteiger partial charge in [-0.2, -0.15) is 0 Å². The number of aryl methyl sites for hydroxylation is 1. The summed E-state index contributed by atoms with van der Waals surface area (Å²) in [6, 6.07) is 3.18. The SMILES string of the molecule is COC(=O)C(CC(C)C)NC(=O)CCc1ccncc1. The summed E-state index contributed by atoms with van der Waals surface area (Å²) < 4.78 is 4.71. The third-order valence-corrected chi connectivity index (χ3v) is 2.92. The van der Waals surface area contributed by atoms with E-state index in [1.807, 2.05) is 26.0 Å². The van der Waals surface area contributed by atoms with Crippen LogP contribution in [-0.4, -0.2) is 30.0 Å². The van der Waals surface area contributed by atoms with Gasteiger partial charge in [0.1, 0.15) is 6.04 Å². The highest BCUT2D eigenvalue weighted by atomic mass is 16.5. The number of methoxy groups -OCH3 is 1. The maximum Gasteiger partial charge on any atom is 0.328 e. The Balaban J connectivity index is 2.47. The molecule has 0 saturated heterocycles. The normalized spacial score (nSPS) is 12.0. The fourth-order valence-corrected chi connectivity index (χ4v) is 1.90. The summed E-state index contributed by atoms with van der Waals surface area (Å²) in [6.07, 6.45) is 4.94. The van der Waals surface area contributed by atoms with Crippen LogP contribution >= 0.6 is 0 Å². The van der Waals surface area contributed by atoms with E-state index in [1.165, 1.54) is 7.11 Å². The maximum absolute atomic E-state index is 11.9. The fraction of sp³-hybridized carbons (Fsp3) is 0.533. The van der Waals surface area contributed by atoms with Gasteiger partial charge >= 0.3 is 5.97 Å². The van der Waals surface area contributed by atoms with Crippen LogP contribution in [-0.2, 0) is 20.7 Å². The van der Waals surface area contributed by atoms with Crippen molar-refractivity contribution in [1.29, 1.82) is 0 Å². The van der Waals surface area contributed by atoms with E-state index in [9.17, 15) is 9.59 Å². The van der Waals surface area contributed by atoms with Gasteiger partial charge in [-0.25, -0.2) is 4.79 Å². The second kappa shape index (κ2) is 8.30. The lowest BCUT2D eigenvalue weighted by Gasteiger charge is -2.18. The number of carbonyl (C=O) groups excluding carboxylic acids is 2. The van der Waals surface area contributed by atoms with Crippen molar-refractivity contribution in [1.82, 2.24) is 10.3 Å². The van der Waals surface area contributed by atoms with E-state index in [0.717, 1.165) is 5.56 Å². The highest BCUT2D eigenvalue weighted by molar-refractivity contribution is 5.84. The number of pyridine rings is 1. The van der Waals surface area contributed by atoms with Crippen LogP contribution in [0.15, 0.2) is 24.5 Å². The summed E-state index contributed by atoms with van der Waals surface area (Å²) >= 11 is 0. The van der Waals surface area contributed by atoms with E-state index >= 15 is 0 Å². The van der Waals surface area contributed by atoms with E-state index in [-0.39, 0.29) is 5.91 Å². The Labute approximate surface area is 119 Å². The number of ether oxygens (including phenoxy) is 1. The molecule has 110 valence electrons. The lowest BCUT2D eigenvalue weighted by Crippen LogP contribution is -2.42. The third-order valence-electron chi connectivity index (χ3n) is 2.92. The number of nitrogens with zero attached hydrogens (tertiary/aromatic N) is 1. The molecule has 20 heavy (non-hydrogen) atoms. The van der Waals surface area contributed by atoms with Gasteiger partial charge in [-0.05, 0) is 36.5 Å². The minimum atomic E-state index is -0.565. The number of rotatable bonds is 7. The van der Waals surface area contributed by atoms with Crippen molar-refractivity contribution in [2.45, 2.75) is 39.2 Å². The topological polar surface area (TPSA) is 68.3 Å². The van der Waals surface area contributed by atoms with Gasteiger partial charge in [0.05, 0.1) is 7.11 Å². The highest BCUT2D eigenvalue weighted by Gasteiger charge is 2.22. The molecular weight excluding hydrogens is 256 g/mol. The van der Waals surface area contributed by atoms with E-state index < -0.39 is 12.0 Å². The smallest absolute Gasteiger partial charge is 0.328 e. The standard InChI is InChI=1S/C15H22N2O3/c1-11(2)10-13(15(19)20-3)17-14(18)5-4-12-6-8-16-9-7-12/h6-9,11,13H,4-5,10H2,1-3H3,(H,17,18). The first-order valence-corrected chi connectivity index (χ1v) is 6.79. The van der Waals surface area contributed by atoms with Crippen molar-refractivity contribution in [2.75, 3.05) is 7.11 Å². The van der Waals surface area contributed by atoms with Crippen molar-refractivity contribution < 1.29 is 14.3 Å². The Kier molecular flexibility index (Phi) is 6.70. The Bertz CT molecular complexity index is 432. The zero-order valence-electron chi connectivity index (χ0n) is 12.3. The van der Waals surface area contributed by atoms with Gasteiger partial charge in [0.15, 0.2) is 0 Å². The van der Waals surface area contributed by atoms with Crippen LogP contribution in [0, 0.1) is 5.92 Å². The van der Waals surface area contributed by atoms with E-state index in [2.05, 4.69) is 10.3 Å². The molecule has 1 aromatic heterocycles. The predicted molar refractivity (Wildman–Crippen MR) is 76.0 cm³/mol. The average Bonchev–Trinajstić information content (AvgIpc) is 2.44. The monoisotopic (exact) mass is 278 g/mol. The van der Waals surface area contributed by atoms with Crippen LogP contribution in [0.1, 0.15) is 32.3 Å². The summed E-state index contributed by atoms with van der Waals surface area (Å²) in [7, 11) is 1.33. The molecule has 1 atom stereocenters. The maximum atomic E-state index is 11.9. The molecule has 1 rings (SSSR count). The summed E-state index contributed by atoms with van der Waals surface area (Å²) in [5, 5.41) is 2.74. The Hall–Kier alpha value is -1.91. The number of nitrogens with one attached hydrogen (secondary N) is 1. The molecule has 5 heteroatoms. The first kappa shape index (κ1) is 16.1. The Morgan fingerprint density at radius 1 is 1.30 bits per heavy atom. The molecule has 0 aromatic carbocycles. The first-order valence-electron chi connectivity index (χ1n) is 6.79. The minimum absolute atomic E-state index is 0.141. The molecular formula is C15H22N2O3. The minimum Gasteiger partial charge on any atom is -0.467 e. The number of hydrogen-bond donors (Lipinski definition) is 1. The molecule has 0 saturated carbocycles. The van der Waals surface area contributed by atoms with Gasteiger partial charge in [0.25, 0.3) is 0 Å². The van der Waals surface area contributed by atoms with Crippen molar-refractivity contribution in [3.05, 3.63) is 30.1 Å². The van der Waals surface area contributed by atoms with Gasteiger partial charge < -0.3 is 10.1 Å². The van der Waals surface area contributed by atoms with Gasteiger partial charge in [-0.1, -0.05) is 13.8 Å². The van der Waals surface area contributed by atoms with Gasteiger partial charge in [-0.15, -0.1) is 0 Å². The molecule has 1 unspecified atom stereocenters. The van der Waals surface area contributed by atoms with Gasteiger partial charge in [-0.3, -0.25) is 9.78 Å². The molecule has 0 bridgehead atoms. The van der Waals surface area contributed by atoms with E-state index in [1.54, 1.807) is 12.4 Å². The van der Waals surface area contributed by atoms with Crippen molar-refractivity contribution >= 4 is 11.9 Å². The highest BCUT2D eigenvalue weighted by Crippen LogP contribution is 2.07. The molecule has 0 radical (unpaired) electrons. The lowest BCUT2D eigenvalue weighted by molar-refractivity contribution is -0.145. The largest absolute Gasteiger partial charge is 0.467 e. The number of amides is 1. The first-order chi connectivity index (χ1) is 9.52. The van der Waals surface area contributed by atoms with Gasteiger partial charge in [0.2, 0.25) is 5.91 Å². The summed E-state index contributed by atoms with van der Waals surface area (Å²) in [4.78, 5) is 27.4. The molecule has 0 aliphatic heterocycles. The molecule has 5 nitrogen and oxygen atoms in total. The molecule has 1 aromatic rings. The average molecular weight is 278 g/mol. The Morgan fingerprint density at radius 2 is 1.95 bits per heavy atom. The van der Waals surface area contributed by atoms with Crippen molar-refractivity contribution in [2.24, 2.45) is 5.92 Å². The molecule has 0 aliphatic rings. The molecule has 1 amide bonds.